The van der Waals surface area contributed by atoms with Crippen LogP contribution in [0.15, 0.2) is 12.2 Å². The van der Waals surface area contributed by atoms with E-state index in [1.54, 1.807) is 6.08 Å². The van der Waals surface area contributed by atoms with E-state index in [0.717, 1.165) is 12.8 Å². The first-order chi connectivity index (χ1) is 9.95. The van der Waals surface area contributed by atoms with Crippen LogP contribution in [0.5, 0.6) is 0 Å². The van der Waals surface area contributed by atoms with E-state index in [2.05, 4.69) is 20.8 Å². The molecule has 118 valence electrons. The van der Waals surface area contributed by atoms with Crippen molar-refractivity contribution in [2.75, 3.05) is 6.61 Å². The van der Waals surface area contributed by atoms with Crippen LogP contribution in [0.4, 0.5) is 4.79 Å². The zero-order chi connectivity index (χ0) is 15.4. The molecule has 1 saturated carbocycles. The molecule has 21 heavy (non-hydrogen) atoms. The summed E-state index contributed by atoms with van der Waals surface area (Å²) in [5.41, 5.74) is 0. The largest absolute Gasteiger partial charge is 0.508 e. The summed E-state index contributed by atoms with van der Waals surface area (Å²) in [6, 6.07) is 0. The number of esters is 1. The van der Waals surface area contributed by atoms with E-state index in [0.29, 0.717) is 17.8 Å². The van der Waals surface area contributed by atoms with Crippen molar-refractivity contribution in [3.05, 3.63) is 12.2 Å². The number of hydrogen-bond acceptors (Lipinski definition) is 5. The van der Waals surface area contributed by atoms with E-state index < -0.39 is 18.2 Å². The van der Waals surface area contributed by atoms with Crippen LogP contribution in [0.3, 0.4) is 0 Å². The molecule has 1 heterocycles. The molecule has 0 aromatic carbocycles. The van der Waals surface area contributed by atoms with Gasteiger partial charge in [-0.3, -0.25) is 0 Å². The van der Waals surface area contributed by atoms with Gasteiger partial charge in [-0.15, -0.1) is 0 Å². The predicted octanol–water partition coefficient (Wildman–Crippen LogP) is 3.08. The van der Waals surface area contributed by atoms with Crippen molar-refractivity contribution in [3.63, 3.8) is 0 Å². The molecule has 0 bridgehead atoms. The number of rotatable bonds is 4. The SMILES string of the molecule is CC1CCC(C(C)C)C(OC(=O)OC[C@@H]2C=CC(=O)O2)C1. The fraction of sp³-hybridized carbons (Fsp3) is 0.750. The van der Waals surface area contributed by atoms with Crippen LogP contribution in [0.1, 0.15) is 40.0 Å². The summed E-state index contributed by atoms with van der Waals surface area (Å²) >= 11 is 0. The molecule has 1 aliphatic carbocycles. The fourth-order valence-corrected chi connectivity index (χ4v) is 3.06. The van der Waals surface area contributed by atoms with Crippen LogP contribution in [-0.4, -0.2) is 30.9 Å². The molecule has 0 radical (unpaired) electrons. The molecule has 1 aliphatic heterocycles. The molecule has 5 nitrogen and oxygen atoms in total. The standard InChI is InChI=1S/C16H24O5/c1-10(2)13-6-4-11(3)8-14(13)21-16(18)19-9-12-5-7-15(17)20-12/h5,7,10-14H,4,6,8-9H2,1-3H3/t11?,12-,13?,14?/m0/s1. The average molecular weight is 296 g/mol. The highest BCUT2D eigenvalue weighted by Crippen LogP contribution is 2.35. The lowest BCUT2D eigenvalue weighted by Crippen LogP contribution is -2.36. The number of hydrogen-bond donors (Lipinski definition) is 0. The van der Waals surface area contributed by atoms with Crippen LogP contribution >= 0.6 is 0 Å². The maximum Gasteiger partial charge on any atom is 0.508 e. The highest BCUT2D eigenvalue weighted by molar-refractivity contribution is 5.84. The Labute approximate surface area is 125 Å². The number of carbonyl (C=O) groups is 2. The van der Waals surface area contributed by atoms with E-state index >= 15 is 0 Å². The van der Waals surface area contributed by atoms with Gasteiger partial charge in [0.1, 0.15) is 12.7 Å². The third-order valence-corrected chi connectivity index (χ3v) is 4.29. The van der Waals surface area contributed by atoms with Gasteiger partial charge < -0.3 is 14.2 Å². The summed E-state index contributed by atoms with van der Waals surface area (Å²) in [6.07, 6.45) is 4.82. The Kier molecular flexibility index (Phi) is 5.26. The Morgan fingerprint density at radius 2 is 2.19 bits per heavy atom. The smallest absolute Gasteiger partial charge is 0.451 e. The quantitative estimate of drug-likeness (QED) is 0.746. The zero-order valence-electron chi connectivity index (χ0n) is 12.9. The molecule has 2 aliphatic rings. The number of cyclic esters (lactones) is 1. The normalized spacial score (nSPS) is 32.1. The van der Waals surface area contributed by atoms with E-state index in [9.17, 15) is 9.59 Å². The van der Waals surface area contributed by atoms with Crippen molar-refractivity contribution in [2.24, 2.45) is 17.8 Å². The Morgan fingerprint density at radius 1 is 1.43 bits per heavy atom. The summed E-state index contributed by atoms with van der Waals surface area (Å²) in [7, 11) is 0. The van der Waals surface area contributed by atoms with Gasteiger partial charge >= 0.3 is 12.1 Å². The van der Waals surface area contributed by atoms with Crippen molar-refractivity contribution in [1.29, 1.82) is 0 Å². The van der Waals surface area contributed by atoms with Crippen LogP contribution in [0.2, 0.25) is 0 Å². The lowest BCUT2D eigenvalue weighted by atomic mass is 9.75. The average Bonchev–Trinajstić information content (AvgIpc) is 2.82. The number of ether oxygens (including phenoxy) is 3. The highest BCUT2D eigenvalue weighted by Gasteiger charge is 2.34. The van der Waals surface area contributed by atoms with E-state index in [4.69, 9.17) is 14.2 Å². The Hall–Kier alpha value is -1.52. The molecule has 5 heteroatoms. The fourth-order valence-electron chi connectivity index (χ4n) is 3.06. The van der Waals surface area contributed by atoms with E-state index in [1.807, 2.05) is 0 Å². The van der Waals surface area contributed by atoms with Gasteiger partial charge in [0.25, 0.3) is 0 Å². The second-order valence-electron chi connectivity index (χ2n) is 6.38. The van der Waals surface area contributed by atoms with Gasteiger partial charge in [0.2, 0.25) is 0 Å². The molecule has 0 aromatic heterocycles. The minimum Gasteiger partial charge on any atom is -0.451 e. The molecule has 0 N–H and O–H groups in total. The topological polar surface area (TPSA) is 61.8 Å². The molecule has 2 rings (SSSR count). The Morgan fingerprint density at radius 3 is 2.81 bits per heavy atom. The van der Waals surface area contributed by atoms with Crippen LogP contribution in [0, 0.1) is 17.8 Å². The second-order valence-corrected chi connectivity index (χ2v) is 6.38. The van der Waals surface area contributed by atoms with E-state index in [1.165, 1.54) is 12.5 Å². The van der Waals surface area contributed by atoms with Crippen molar-refractivity contribution < 1.29 is 23.8 Å². The molecule has 3 unspecified atom stereocenters. The maximum atomic E-state index is 11.8. The maximum absolute atomic E-state index is 11.8. The highest BCUT2D eigenvalue weighted by atomic mass is 16.7. The second kappa shape index (κ2) is 6.96. The molecule has 0 saturated heterocycles. The third kappa shape index (κ3) is 4.48. The van der Waals surface area contributed by atoms with Gasteiger partial charge in [0.15, 0.2) is 6.10 Å². The van der Waals surface area contributed by atoms with Crippen LogP contribution in [0.25, 0.3) is 0 Å². The predicted molar refractivity (Wildman–Crippen MR) is 76.6 cm³/mol. The van der Waals surface area contributed by atoms with Crippen molar-refractivity contribution in [1.82, 2.24) is 0 Å². The monoisotopic (exact) mass is 296 g/mol. The lowest BCUT2D eigenvalue weighted by Gasteiger charge is -2.36. The number of carbonyl (C=O) groups excluding carboxylic acids is 2. The van der Waals surface area contributed by atoms with Crippen molar-refractivity contribution in [2.45, 2.75) is 52.2 Å². The van der Waals surface area contributed by atoms with Gasteiger partial charge in [-0.05, 0) is 36.7 Å². The summed E-state index contributed by atoms with van der Waals surface area (Å²) in [5.74, 6) is 1.03. The minimum atomic E-state index is -0.670. The summed E-state index contributed by atoms with van der Waals surface area (Å²) in [6.45, 7) is 6.51. The summed E-state index contributed by atoms with van der Waals surface area (Å²) in [4.78, 5) is 22.7. The first-order valence-corrected chi connectivity index (χ1v) is 7.68. The van der Waals surface area contributed by atoms with Gasteiger partial charge in [-0.25, -0.2) is 9.59 Å². The van der Waals surface area contributed by atoms with Crippen LogP contribution < -0.4 is 0 Å². The van der Waals surface area contributed by atoms with Crippen molar-refractivity contribution >= 4 is 12.1 Å². The molecule has 0 amide bonds. The molecule has 0 aromatic rings. The lowest BCUT2D eigenvalue weighted by molar-refractivity contribution is -0.140. The molecular weight excluding hydrogens is 272 g/mol. The van der Waals surface area contributed by atoms with Gasteiger partial charge in [0.05, 0.1) is 0 Å². The molecule has 4 atom stereocenters. The third-order valence-electron chi connectivity index (χ3n) is 4.29. The molecular formula is C16H24O5. The summed E-state index contributed by atoms with van der Waals surface area (Å²) < 4.78 is 15.4. The zero-order valence-corrected chi connectivity index (χ0v) is 12.9. The molecule has 0 spiro atoms. The first kappa shape index (κ1) is 15.9. The Balaban J connectivity index is 1.79. The van der Waals surface area contributed by atoms with E-state index in [-0.39, 0.29) is 12.7 Å². The Bertz CT molecular complexity index is 415. The summed E-state index contributed by atoms with van der Waals surface area (Å²) in [5, 5.41) is 0. The first-order valence-electron chi connectivity index (χ1n) is 7.68. The van der Waals surface area contributed by atoms with Gasteiger partial charge in [-0.2, -0.15) is 0 Å². The van der Waals surface area contributed by atoms with Gasteiger partial charge in [0, 0.05) is 6.08 Å². The van der Waals surface area contributed by atoms with Crippen LogP contribution in [-0.2, 0) is 19.0 Å². The van der Waals surface area contributed by atoms with Crippen molar-refractivity contribution in [3.8, 4) is 0 Å². The van der Waals surface area contributed by atoms with Gasteiger partial charge in [-0.1, -0.05) is 27.2 Å². The minimum absolute atomic E-state index is 0.00962. The molecule has 1 fully saturated rings.